The van der Waals surface area contributed by atoms with Crippen LogP contribution in [-0.2, 0) is 4.74 Å². The molecule has 0 radical (unpaired) electrons. The highest BCUT2D eigenvalue weighted by Gasteiger charge is 2.17. The van der Waals surface area contributed by atoms with E-state index < -0.39 is 14.1 Å². The Morgan fingerprint density at radius 2 is 1.20 bits per heavy atom. The molecule has 4 heteroatoms. The van der Waals surface area contributed by atoms with E-state index in [4.69, 9.17) is 9.90 Å². The Kier molecular flexibility index (Phi) is 7.18. The highest BCUT2D eigenvalue weighted by atomic mass is 31.1. The topological polar surface area (TPSA) is 46.5 Å². The predicted octanol–water partition coefficient (Wildman–Crippen LogP) is 4.06. The van der Waals surface area contributed by atoms with Gasteiger partial charge in [0, 0.05) is 0 Å². The van der Waals surface area contributed by atoms with Crippen LogP contribution in [0.15, 0.2) is 84.9 Å². The lowest BCUT2D eigenvalue weighted by Crippen LogP contribution is -2.22. The van der Waals surface area contributed by atoms with Crippen LogP contribution in [0, 0.1) is 6.92 Å². The van der Waals surface area contributed by atoms with Gasteiger partial charge in [-0.25, -0.2) is 4.79 Å². The number of ether oxygens (including phenoxy) is 1. The summed E-state index contributed by atoms with van der Waals surface area (Å²) in [7, 11) is 0.633. The third-order valence-electron chi connectivity index (χ3n) is 3.56. The van der Waals surface area contributed by atoms with Crippen LogP contribution in [-0.4, -0.2) is 18.4 Å². The number of aryl methyl sites for hydroxylation is 1. The summed E-state index contributed by atoms with van der Waals surface area (Å²) in [5.41, 5.74) is 1.37. The summed E-state index contributed by atoms with van der Waals surface area (Å²) in [6.07, 6.45) is -1.25. The van der Waals surface area contributed by atoms with E-state index in [2.05, 4.69) is 96.6 Å². The van der Waals surface area contributed by atoms with E-state index in [0.29, 0.717) is 0 Å². The fraction of sp³-hybridized carbons (Fsp3) is 0.0952. The second-order valence-corrected chi connectivity index (χ2v) is 7.45. The van der Waals surface area contributed by atoms with E-state index in [9.17, 15) is 0 Å². The normalized spacial score (nSPS) is 9.88. The maximum absolute atomic E-state index is 9.15. The number of carboxylic acid groups (broad SMARTS) is 1. The second-order valence-electron chi connectivity index (χ2n) is 5.26. The quantitative estimate of drug-likeness (QED) is 0.571. The largest absolute Gasteiger partial charge is 0.505 e. The van der Waals surface area contributed by atoms with Crippen molar-refractivity contribution < 1.29 is 14.6 Å². The van der Waals surface area contributed by atoms with Crippen molar-refractivity contribution in [3.63, 3.8) is 0 Å². The number of carbonyl (C=O) groups is 1. The summed E-state index contributed by atoms with van der Waals surface area (Å²) in [6, 6.07) is 30.4. The van der Waals surface area contributed by atoms with Crippen molar-refractivity contribution >= 4 is 30.0 Å². The lowest BCUT2D eigenvalue weighted by Gasteiger charge is -2.21. The standard InChI is InChI=1S/C19H17P.C2H4O3/c1-16-10-8-9-15-19(16)20(17-11-4-2-5-12-17)18-13-6-3-7-14-18;1-5-2(3)4/h2-15H,1H3;1H3,(H,3,4). The molecule has 0 spiro atoms. The molecular formula is C21H21O3P. The predicted molar refractivity (Wildman–Crippen MR) is 105 cm³/mol. The van der Waals surface area contributed by atoms with Crippen molar-refractivity contribution in [2.75, 3.05) is 7.11 Å². The summed E-state index contributed by atoms with van der Waals surface area (Å²) in [6.45, 7) is 2.20. The van der Waals surface area contributed by atoms with Crippen LogP contribution < -0.4 is 15.9 Å². The molecule has 0 bridgehead atoms. The molecule has 0 aliphatic rings. The van der Waals surface area contributed by atoms with Crippen LogP contribution >= 0.6 is 7.92 Å². The Bertz CT molecular complexity index is 749. The van der Waals surface area contributed by atoms with Crippen LogP contribution in [0.1, 0.15) is 5.56 Å². The summed E-state index contributed by atoms with van der Waals surface area (Å²) in [4.78, 5) is 9.15. The van der Waals surface area contributed by atoms with Crippen molar-refractivity contribution in [2.45, 2.75) is 6.92 Å². The van der Waals surface area contributed by atoms with Gasteiger partial charge in [0.2, 0.25) is 0 Å². The first-order chi connectivity index (χ1) is 12.1. The van der Waals surface area contributed by atoms with Gasteiger partial charge in [0.1, 0.15) is 0 Å². The Morgan fingerprint density at radius 3 is 1.60 bits per heavy atom. The minimum absolute atomic E-state index is 0.467. The average molecular weight is 352 g/mol. The van der Waals surface area contributed by atoms with Gasteiger partial charge in [-0.3, -0.25) is 0 Å². The van der Waals surface area contributed by atoms with Gasteiger partial charge < -0.3 is 9.84 Å². The van der Waals surface area contributed by atoms with Crippen LogP contribution in [0.3, 0.4) is 0 Å². The van der Waals surface area contributed by atoms with Gasteiger partial charge in [0.25, 0.3) is 0 Å². The lowest BCUT2D eigenvalue weighted by molar-refractivity contribution is 0.114. The molecule has 0 atom stereocenters. The number of methoxy groups -OCH3 is 1. The monoisotopic (exact) mass is 352 g/mol. The zero-order valence-electron chi connectivity index (χ0n) is 14.3. The number of hydrogen-bond donors (Lipinski definition) is 1. The fourth-order valence-corrected chi connectivity index (χ4v) is 4.85. The van der Waals surface area contributed by atoms with Crippen LogP contribution in [0.2, 0.25) is 0 Å². The Labute approximate surface area is 149 Å². The van der Waals surface area contributed by atoms with Gasteiger partial charge in [0.15, 0.2) is 0 Å². The first kappa shape index (κ1) is 18.7. The third kappa shape index (κ3) is 5.44. The van der Waals surface area contributed by atoms with Gasteiger partial charge in [-0.05, 0) is 36.3 Å². The van der Waals surface area contributed by atoms with Gasteiger partial charge in [0.05, 0.1) is 7.11 Å². The van der Waals surface area contributed by atoms with E-state index in [-0.39, 0.29) is 0 Å². The number of benzene rings is 3. The molecule has 1 N–H and O–H groups in total. The molecular weight excluding hydrogens is 331 g/mol. The van der Waals surface area contributed by atoms with Crippen molar-refractivity contribution in [1.82, 2.24) is 0 Å². The molecule has 0 saturated carbocycles. The van der Waals surface area contributed by atoms with Crippen LogP contribution in [0.25, 0.3) is 0 Å². The van der Waals surface area contributed by atoms with Crippen LogP contribution in [0.5, 0.6) is 0 Å². The highest BCUT2D eigenvalue weighted by molar-refractivity contribution is 7.79. The molecule has 128 valence electrons. The van der Waals surface area contributed by atoms with Crippen molar-refractivity contribution in [3.8, 4) is 0 Å². The number of rotatable bonds is 3. The molecule has 0 aromatic heterocycles. The molecule has 0 heterocycles. The maximum Gasteiger partial charge on any atom is 0.505 e. The zero-order chi connectivity index (χ0) is 18.1. The van der Waals surface area contributed by atoms with E-state index in [1.165, 1.54) is 21.5 Å². The molecule has 0 saturated heterocycles. The Hall–Kier alpha value is -2.64. The van der Waals surface area contributed by atoms with Gasteiger partial charge in [-0.2, -0.15) is 0 Å². The molecule has 25 heavy (non-hydrogen) atoms. The lowest BCUT2D eigenvalue weighted by atomic mass is 10.2. The Morgan fingerprint density at radius 1 is 0.800 bits per heavy atom. The molecule has 3 nitrogen and oxygen atoms in total. The second kappa shape index (κ2) is 9.61. The van der Waals surface area contributed by atoms with Crippen molar-refractivity contribution in [1.29, 1.82) is 0 Å². The smallest absolute Gasteiger partial charge is 0.450 e. The van der Waals surface area contributed by atoms with E-state index in [1.54, 1.807) is 0 Å². The molecule has 0 aliphatic carbocycles. The third-order valence-corrected chi connectivity index (χ3v) is 6.17. The summed E-state index contributed by atoms with van der Waals surface area (Å²) < 4.78 is 3.67. The van der Waals surface area contributed by atoms with Crippen molar-refractivity contribution in [2.24, 2.45) is 0 Å². The molecule has 0 unspecified atom stereocenters. The molecule has 0 fully saturated rings. The van der Waals surface area contributed by atoms with Gasteiger partial charge >= 0.3 is 6.16 Å². The van der Waals surface area contributed by atoms with E-state index in [1.807, 2.05) is 0 Å². The summed E-state index contributed by atoms with van der Waals surface area (Å²) in [5, 5.41) is 11.8. The highest BCUT2D eigenvalue weighted by Crippen LogP contribution is 2.33. The van der Waals surface area contributed by atoms with Crippen molar-refractivity contribution in [3.05, 3.63) is 90.5 Å². The van der Waals surface area contributed by atoms with Crippen LogP contribution in [0.4, 0.5) is 4.79 Å². The summed E-state index contributed by atoms with van der Waals surface area (Å²) >= 11 is 0. The molecule has 0 amide bonds. The SMILES string of the molecule is COC(=O)O.Cc1ccccc1P(c1ccccc1)c1ccccc1. The molecule has 3 rings (SSSR count). The first-order valence-corrected chi connectivity index (χ1v) is 9.20. The minimum Gasteiger partial charge on any atom is -0.450 e. The average Bonchev–Trinajstić information content (AvgIpc) is 2.66. The molecule has 3 aromatic carbocycles. The molecule has 0 aliphatic heterocycles. The van der Waals surface area contributed by atoms with Gasteiger partial charge in [-0.15, -0.1) is 0 Å². The minimum atomic E-state index is -1.25. The zero-order valence-corrected chi connectivity index (χ0v) is 15.2. The molecule has 3 aromatic rings. The summed E-state index contributed by atoms with van der Waals surface area (Å²) in [5.74, 6) is 0. The first-order valence-electron chi connectivity index (χ1n) is 7.86. The fourth-order valence-electron chi connectivity index (χ4n) is 2.40. The van der Waals surface area contributed by atoms with Gasteiger partial charge in [-0.1, -0.05) is 84.9 Å². The maximum atomic E-state index is 9.15. The van der Waals surface area contributed by atoms with E-state index in [0.717, 1.165) is 7.11 Å². The number of hydrogen-bond acceptors (Lipinski definition) is 2. The van der Waals surface area contributed by atoms with E-state index >= 15 is 0 Å². The Balaban J connectivity index is 0.000000399.